The molecular weight excluding hydrogens is 352 g/mol. The largest absolute Gasteiger partial charge is 0.452 e. The fourth-order valence-electron chi connectivity index (χ4n) is 3.22. The second-order valence-electron chi connectivity index (χ2n) is 6.67. The van der Waals surface area contributed by atoms with Crippen LogP contribution in [0.2, 0.25) is 0 Å². The molecule has 0 saturated carbocycles. The molecule has 0 spiro atoms. The Hall–Kier alpha value is -2.02. The number of esters is 1. The van der Waals surface area contributed by atoms with Crippen LogP contribution in [0.15, 0.2) is 29.2 Å². The van der Waals surface area contributed by atoms with Crippen LogP contribution in [-0.2, 0) is 19.1 Å². The quantitative estimate of drug-likeness (QED) is 0.818. The molecule has 1 saturated heterocycles. The zero-order chi connectivity index (χ0) is 18.5. The summed E-state index contributed by atoms with van der Waals surface area (Å²) in [6.07, 6.45) is 3.38. The van der Waals surface area contributed by atoms with Crippen LogP contribution in [0, 0.1) is 0 Å². The molecule has 140 valence electrons. The minimum absolute atomic E-state index is 0.0531. The van der Waals surface area contributed by atoms with Crippen molar-refractivity contribution in [2.45, 2.75) is 55.3 Å². The van der Waals surface area contributed by atoms with Gasteiger partial charge in [-0.05, 0) is 31.9 Å². The molecule has 2 aliphatic rings. The number of hydrogen-bond donors (Lipinski definition) is 1. The summed E-state index contributed by atoms with van der Waals surface area (Å²) < 4.78 is 5.32. The molecule has 2 heterocycles. The maximum Gasteiger partial charge on any atom is 0.308 e. The average molecular weight is 376 g/mol. The molecule has 2 atom stereocenters. The van der Waals surface area contributed by atoms with Crippen molar-refractivity contribution in [1.82, 2.24) is 4.90 Å². The summed E-state index contributed by atoms with van der Waals surface area (Å²) in [6, 6.07) is 7.48. The van der Waals surface area contributed by atoms with Gasteiger partial charge in [0.1, 0.15) is 0 Å². The van der Waals surface area contributed by atoms with Crippen LogP contribution in [0.1, 0.15) is 39.0 Å². The minimum Gasteiger partial charge on any atom is -0.452 e. The number of amides is 2. The third-order valence-electron chi connectivity index (χ3n) is 4.63. The van der Waals surface area contributed by atoms with E-state index >= 15 is 0 Å². The summed E-state index contributed by atoms with van der Waals surface area (Å²) in [4.78, 5) is 39.6. The number of rotatable bonds is 4. The highest BCUT2D eigenvalue weighted by molar-refractivity contribution is 8.01. The summed E-state index contributed by atoms with van der Waals surface area (Å²) in [6.45, 7) is 3.05. The predicted molar refractivity (Wildman–Crippen MR) is 99.9 cm³/mol. The highest BCUT2D eigenvalue weighted by Crippen LogP contribution is 2.36. The topological polar surface area (TPSA) is 75.7 Å². The van der Waals surface area contributed by atoms with E-state index in [-0.39, 0.29) is 18.2 Å². The van der Waals surface area contributed by atoms with Crippen LogP contribution < -0.4 is 5.32 Å². The van der Waals surface area contributed by atoms with Gasteiger partial charge in [-0.3, -0.25) is 14.4 Å². The Labute approximate surface area is 157 Å². The van der Waals surface area contributed by atoms with E-state index in [9.17, 15) is 14.4 Å². The first-order chi connectivity index (χ1) is 12.5. The van der Waals surface area contributed by atoms with Crippen molar-refractivity contribution in [3.8, 4) is 0 Å². The van der Waals surface area contributed by atoms with Gasteiger partial charge < -0.3 is 15.0 Å². The number of ether oxygens (including phenoxy) is 1. The zero-order valence-corrected chi connectivity index (χ0v) is 15.7. The van der Waals surface area contributed by atoms with Gasteiger partial charge in [-0.2, -0.15) is 0 Å². The standard InChI is InChI=1S/C19H24N2O4S/c1-13(19(24)21-10-6-2-3-7-11-21)25-17(22)12-16-18(23)20-14-8-4-5-9-15(14)26-16/h4-5,8-9,13,16H,2-3,6-7,10-12H2,1H3,(H,20,23). The van der Waals surface area contributed by atoms with Gasteiger partial charge in [0.15, 0.2) is 6.10 Å². The van der Waals surface area contributed by atoms with Gasteiger partial charge in [0, 0.05) is 18.0 Å². The first kappa shape index (κ1) is 18.8. The highest BCUT2D eigenvalue weighted by atomic mass is 32.2. The van der Waals surface area contributed by atoms with Crippen molar-refractivity contribution < 1.29 is 19.1 Å². The Morgan fingerprint density at radius 2 is 1.92 bits per heavy atom. The molecule has 0 aliphatic carbocycles. The molecule has 6 nitrogen and oxygen atoms in total. The van der Waals surface area contributed by atoms with Gasteiger partial charge >= 0.3 is 5.97 Å². The molecule has 2 amide bonds. The number of fused-ring (bicyclic) bond motifs is 1. The number of benzene rings is 1. The molecule has 1 aromatic carbocycles. The Balaban J connectivity index is 1.53. The molecule has 0 bridgehead atoms. The van der Waals surface area contributed by atoms with Crippen LogP contribution in [0.5, 0.6) is 0 Å². The fourth-order valence-corrected chi connectivity index (χ4v) is 4.32. The molecule has 1 N–H and O–H groups in total. The average Bonchev–Trinajstić information content (AvgIpc) is 2.91. The monoisotopic (exact) mass is 376 g/mol. The summed E-state index contributed by atoms with van der Waals surface area (Å²) >= 11 is 1.35. The van der Waals surface area contributed by atoms with Gasteiger partial charge in [-0.15, -0.1) is 11.8 Å². The lowest BCUT2D eigenvalue weighted by Crippen LogP contribution is -2.41. The van der Waals surface area contributed by atoms with E-state index < -0.39 is 17.3 Å². The first-order valence-electron chi connectivity index (χ1n) is 9.09. The van der Waals surface area contributed by atoms with Crippen molar-refractivity contribution in [3.63, 3.8) is 0 Å². The second-order valence-corrected chi connectivity index (χ2v) is 7.91. The number of thioether (sulfide) groups is 1. The Morgan fingerprint density at radius 1 is 1.23 bits per heavy atom. The summed E-state index contributed by atoms with van der Waals surface area (Å²) in [5, 5.41) is 2.26. The van der Waals surface area contributed by atoms with E-state index in [4.69, 9.17) is 4.74 Å². The maximum absolute atomic E-state index is 12.5. The second kappa shape index (κ2) is 8.58. The predicted octanol–water partition coefficient (Wildman–Crippen LogP) is 2.82. The third-order valence-corrected chi connectivity index (χ3v) is 5.91. The number of hydrogen-bond acceptors (Lipinski definition) is 5. The van der Waals surface area contributed by atoms with E-state index in [2.05, 4.69) is 5.32 Å². The molecule has 7 heteroatoms. The molecule has 0 aromatic heterocycles. The molecular formula is C19H24N2O4S. The van der Waals surface area contributed by atoms with Crippen molar-refractivity contribution in [2.75, 3.05) is 18.4 Å². The molecule has 1 aromatic rings. The first-order valence-corrected chi connectivity index (χ1v) is 9.97. The number of para-hydroxylation sites is 1. The lowest BCUT2D eigenvalue weighted by Gasteiger charge is -2.25. The maximum atomic E-state index is 12.5. The van der Waals surface area contributed by atoms with E-state index in [1.165, 1.54) is 11.8 Å². The van der Waals surface area contributed by atoms with Crippen molar-refractivity contribution >= 4 is 35.2 Å². The van der Waals surface area contributed by atoms with E-state index in [0.29, 0.717) is 0 Å². The van der Waals surface area contributed by atoms with Gasteiger partial charge in [0.05, 0.1) is 17.4 Å². The van der Waals surface area contributed by atoms with Crippen molar-refractivity contribution in [2.24, 2.45) is 0 Å². The molecule has 26 heavy (non-hydrogen) atoms. The van der Waals surface area contributed by atoms with E-state index in [1.54, 1.807) is 11.8 Å². The molecule has 2 aliphatic heterocycles. The Morgan fingerprint density at radius 3 is 2.65 bits per heavy atom. The number of likely N-dealkylation sites (tertiary alicyclic amines) is 1. The SMILES string of the molecule is CC(OC(=O)CC1Sc2ccccc2NC1=O)C(=O)N1CCCCCC1. The number of nitrogens with one attached hydrogen (secondary N) is 1. The lowest BCUT2D eigenvalue weighted by molar-refractivity contribution is -0.159. The van der Waals surface area contributed by atoms with Crippen molar-refractivity contribution in [1.29, 1.82) is 0 Å². The number of anilines is 1. The van der Waals surface area contributed by atoms with Gasteiger partial charge in [-0.25, -0.2) is 0 Å². The number of carbonyl (C=O) groups is 3. The lowest BCUT2D eigenvalue weighted by atomic mass is 10.2. The number of nitrogens with zero attached hydrogens (tertiary/aromatic N) is 1. The van der Waals surface area contributed by atoms with Gasteiger partial charge in [0.2, 0.25) is 5.91 Å². The molecule has 1 fully saturated rings. The summed E-state index contributed by atoms with van der Waals surface area (Å²) in [7, 11) is 0. The van der Waals surface area contributed by atoms with Crippen LogP contribution in [0.3, 0.4) is 0 Å². The van der Waals surface area contributed by atoms with Gasteiger partial charge in [-0.1, -0.05) is 25.0 Å². The molecule has 3 rings (SSSR count). The van der Waals surface area contributed by atoms with Crippen LogP contribution in [-0.4, -0.2) is 47.1 Å². The minimum atomic E-state index is -0.815. The summed E-state index contributed by atoms with van der Waals surface area (Å²) in [5.41, 5.74) is 0.761. The third kappa shape index (κ3) is 4.58. The molecule has 0 radical (unpaired) electrons. The van der Waals surface area contributed by atoms with Crippen LogP contribution in [0.25, 0.3) is 0 Å². The van der Waals surface area contributed by atoms with E-state index in [1.807, 2.05) is 24.3 Å². The fraction of sp³-hybridized carbons (Fsp3) is 0.526. The normalized spacial score (nSPS) is 21.2. The van der Waals surface area contributed by atoms with Gasteiger partial charge in [0.25, 0.3) is 5.91 Å². The molecule has 2 unspecified atom stereocenters. The zero-order valence-electron chi connectivity index (χ0n) is 14.9. The van der Waals surface area contributed by atoms with Crippen LogP contribution >= 0.6 is 11.8 Å². The highest BCUT2D eigenvalue weighted by Gasteiger charge is 2.31. The van der Waals surface area contributed by atoms with Crippen LogP contribution in [0.4, 0.5) is 5.69 Å². The Bertz CT molecular complexity index is 686. The number of carbonyl (C=O) groups excluding carboxylic acids is 3. The summed E-state index contributed by atoms with van der Waals surface area (Å²) in [5.74, 6) is -0.879. The Kier molecular flexibility index (Phi) is 6.19. The van der Waals surface area contributed by atoms with Crippen molar-refractivity contribution in [3.05, 3.63) is 24.3 Å². The smallest absolute Gasteiger partial charge is 0.308 e. The van der Waals surface area contributed by atoms with E-state index in [0.717, 1.165) is 49.4 Å².